The molecule has 1 atom stereocenters. The van der Waals surface area contributed by atoms with E-state index in [2.05, 4.69) is 5.32 Å². The number of rotatable bonds is 12. The molecule has 0 aromatic heterocycles. The van der Waals surface area contributed by atoms with E-state index in [1.54, 1.807) is 30.0 Å². The molecule has 2 amide bonds. The maximum Gasteiger partial charge on any atom is 0.242 e. The van der Waals surface area contributed by atoms with Crippen LogP contribution in [0.15, 0.2) is 36.4 Å². The van der Waals surface area contributed by atoms with Crippen molar-refractivity contribution < 1.29 is 19.1 Å². The van der Waals surface area contributed by atoms with E-state index in [0.717, 1.165) is 31.2 Å². The molecule has 8 heteroatoms. The van der Waals surface area contributed by atoms with Gasteiger partial charge in [-0.25, -0.2) is 0 Å². The normalized spacial score (nSPS) is 14.6. The molecule has 1 aliphatic rings. The van der Waals surface area contributed by atoms with Gasteiger partial charge in [0, 0.05) is 34.6 Å². The Bertz CT molecular complexity index is 1040. The molecule has 202 valence electrons. The summed E-state index contributed by atoms with van der Waals surface area (Å²) in [5.74, 6) is 1.05. The number of carbonyl (C=O) groups is 2. The standard InChI is InChI=1S/C29H38Cl2N2O4/c1-4-36-26-16-14-21(18-27(26)37-5-2)15-17-28(34)33(19-23-24(30)12-9-13-25(23)31)20(3)29(35)32-22-10-7-6-8-11-22/h9,12-14,16,18,20,22H,4-8,10-11,15,17,19H2,1-3H3,(H,32,35)/t20-/m0/s1. The molecule has 0 radical (unpaired) electrons. The Hall–Kier alpha value is -2.44. The van der Waals surface area contributed by atoms with E-state index >= 15 is 0 Å². The summed E-state index contributed by atoms with van der Waals surface area (Å²) in [7, 11) is 0. The Labute approximate surface area is 230 Å². The first-order valence-electron chi connectivity index (χ1n) is 13.2. The topological polar surface area (TPSA) is 67.9 Å². The number of hydrogen-bond acceptors (Lipinski definition) is 4. The largest absolute Gasteiger partial charge is 0.490 e. The van der Waals surface area contributed by atoms with Gasteiger partial charge >= 0.3 is 0 Å². The molecule has 3 rings (SSSR count). The number of nitrogens with one attached hydrogen (secondary N) is 1. The lowest BCUT2D eigenvalue weighted by molar-refractivity contribution is -0.141. The van der Waals surface area contributed by atoms with Crippen LogP contribution in [0.2, 0.25) is 10.0 Å². The van der Waals surface area contributed by atoms with E-state index in [1.165, 1.54) is 6.42 Å². The Morgan fingerprint density at radius 3 is 2.30 bits per heavy atom. The van der Waals surface area contributed by atoms with Gasteiger partial charge in [-0.05, 0) is 69.9 Å². The van der Waals surface area contributed by atoms with Crippen molar-refractivity contribution in [3.63, 3.8) is 0 Å². The number of aryl methyl sites for hydroxylation is 1. The Balaban J connectivity index is 1.77. The fraction of sp³-hybridized carbons (Fsp3) is 0.517. The molecule has 37 heavy (non-hydrogen) atoms. The van der Waals surface area contributed by atoms with Gasteiger partial charge < -0.3 is 19.7 Å². The average molecular weight is 550 g/mol. The van der Waals surface area contributed by atoms with Gasteiger partial charge in [0.25, 0.3) is 0 Å². The molecular weight excluding hydrogens is 511 g/mol. The van der Waals surface area contributed by atoms with Crippen LogP contribution in [-0.2, 0) is 22.6 Å². The molecule has 1 saturated carbocycles. The van der Waals surface area contributed by atoms with Crippen molar-refractivity contribution in [1.82, 2.24) is 10.2 Å². The van der Waals surface area contributed by atoms with Crippen molar-refractivity contribution in [3.05, 3.63) is 57.6 Å². The minimum absolute atomic E-state index is 0.144. The van der Waals surface area contributed by atoms with E-state index < -0.39 is 6.04 Å². The number of nitrogens with zero attached hydrogens (tertiary/aromatic N) is 1. The van der Waals surface area contributed by atoms with Crippen molar-refractivity contribution in [1.29, 1.82) is 0 Å². The highest BCUT2D eigenvalue weighted by molar-refractivity contribution is 6.36. The molecule has 1 aliphatic carbocycles. The first kappa shape index (κ1) is 29.1. The van der Waals surface area contributed by atoms with Gasteiger partial charge in [0.05, 0.1) is 13.2 Å². The van der Waals surface area contributed by atoms with Crippen molar-refractivity contribution in [3.8, 4) is 11.5 Å². The fourth-order valence-corrected chi connectivity index (χ4v) is 5.17. The zero-order valence-corrected chi connectivity index (χ0v) is 23.5. The monoisotopic (exact) mass is 548 g/mol. The highest BCUT2D eigenvalue weighted by Gasteiger charge is 2.29. The van der Waals surface area contributed by atoms with E-state index in [9.17, 15) is 9.59 Å². The zero-order chi connectivity index (χ0) is 26.8. The van der Waals surface area contributed by atoms with Gasteiger partial charge in [-0.15, -0.1) is 0 Å². The third kappa shape index (κ3) is 8.27. The smallest absolute Gasteiger partial charge is 0.242 e. The molecule has 2 aromatic rings. The summed E-state index contributed by atoms with van der Waals surface area (Å²) in [6.07, 6.45) is 6.10. The van der Waals surface area contributed by atoms with Crippen LogP contribution in [0.3, 0.4) is 0 Å². The first-order valence-corrected chi connectivity index (χ1v) is 14.0. The van der Waals surface area contributed by atoms with Crippen molar-refractivity contribution in [2.45, 2.75) is 84.3 Å². The van der Waals surface area contributed by atoms with E-state index in [0.29, 0.717) is 46.7 Å². The number of amides is 2. The van der Waals surface area contributed by atoms with Gasteiger partial charge in [-0.2, -0.15) is 0 Å². The van der Waals surface area contributed by atoms with Gasteiger partial charge in [0.2, 0.25) is 11.8 Å². The predicted molar refractivity (Wildman–Crippen MR) is 149 cm³/mol. The maximum absolute atomic E-state index is 13.6. The lowest BCUT2D eigenvalue weighted by Crippen LogP contribution is -2.50. The molecular formula is C29H38Cl2N2O4. The highest BCUT2D eigenvalue weighted by atomic mass is 35.5. The molecule has 0 aliphatic heterocycles. The van der Waals surface area contributed by atoms with E-state index in [1.807, 2.05) is 32.0 Å². The molecule has 0 unspecified atom stereocenters. The van der Waals surface area contributed by atoms with E-state index in [-0.39, 0.29) is 30.8 Å². The van der Waals surface area contributed by atoms with Gasteiger partial charge in [0.15, 0.2) is 11.5 Å². The number of halogens is 2. The molecule has 0 bridgehead atoms. The predicted octanol–water partition coefficient (Wildman–Crippen LogP) is 6.59. The maximum atomic E-state index is 13.6. The van der Waals surface area contributed by atoms with Crippen LogP contribution in [0.1, 0.15) is 70.4 Å². The van der Waals surface area contributed by atoms with Crippen molar-refractivity contribution in [2.75, 3.05) is 13.2 Å². The first-order chi connectivity index (χ1) is 17.8. The van der Waals surface area contributed by atoms with Crippen LogP contribution in [0, 0.1) is 0 Å². The summed E-state index contributed by atoms with van der Waals surface area (Å²) in [5, 5.41) is 4.09. The summed E-state index contributed by atoms with van der Waals surface area (Å²) >= 11 is 12.9. The summed E-state index contributed by atoms with van der Waals surface area (Å²) in [6, 6.07) is 10.5. The molecule has 1 N–H and O–H groups in total. The number of ether oxygens (including phenoxy) is 2. The Kier molecular flexibility index (Phi) is 11.4. The summed E-state index contributed by atoms with van der Waals surface area (Å²) in [6.45, 7) is 6.83. The molecule has 0 saturated heterocycles. The van der Waals surface area contributed by atoms with E-state index in [4.69, 9.17) is 32.7 Å². The second-order valence-electron chi connectivity index (χ2n) is 9.39. The molecule has 0 heterocycles. The summed E-state index contributed by atoms with van der Waals surface area (Å²) in [5.41, 5.74) is 1.59. The van der Waals surface area contributed by atoms with Gasteiger partial charge in [0.1, 0.15) is 6.04 Å². The van der Waals surface area contributed by atoms with Crippen LogP contribution in [0.4, 0.5) is 0 Å². The second-order valence-corrected chi connectivity index (χ2v) is 10.2. The van der Waals surface area contributed by atoms with Crippen LogP contribution >= 0.6 is 23.2 Å². The molecule has 2 aromatic carbocycles. The molecule has 0 spiro atoms. The van der Waals surface area contributed by atoms with Crippen LogP contribution < -0.4 is 14.8 Å². The van der Waals surface area contributed by atoms with Crippen molar-refractivity contribution >= 4 is 35.0 Å². The summed E-state index contributed by atoms with van der Waals surface area (Å²) < 4.78 is 11.4. The zero-order valence-electron chi connectivity index (χ0n) is 22.0. The lowest BCUT2D eigenvalue weighted by Gasteiger charge is -2.31. The van der Waals surface area contributed by atoms with Gasteiger partial charge in [-0.1, -0.05) is 54.6 Å². The number of benzene rings is 2. The van der Waals surface area contributed by atoms with Crippen LogP contribution in [-0.4, -0.2) is 42.0 Å². The minimum atomic E-state index is -0.666. The second kappa shape index (κ2) is 14.5. The third-order valence-electron chi connectivity index (χ3n) is 6.74. The lowest BCUT2D eigenvalue weighted by atomic mass is 9.95. The Morgan fingerprint density at radius 1 is 1.00 bits per heavy atom. The fourth-order valence-electron chi connectivity index (χ4n) is 4.65. The van der Waals surface area contributed by atoms with Gasteiger partial charge in [-0.3, -0.25) is 9.59 Å². The van der Waals surface area contributed by atoms with Crippen LogP contribution in [0.5, 0.6) is 11.5 Å². The Morgan fingerprint density at radius 2 is 1.65 bits per heavy atom. The van der Waals surface area contributed by atoms with Crippen LogP contribution in [0.25, 0.3) is 0 Å². The SMILES string of the molecule is CCOc1ccc(CCC(=O)N(Cc2c(Cl)cccc2Cl)[C@@H](C)C(=O)NC2CCCCC2)cc1OCC. The average Bonchev–Trinajstić information content (AvgIpc) is 2.89. The highest BCUT2D eigenvalue weighted by Crippen LogP contribution is 2.30. The minimum Gasteiger partial charge on any atom is -0.490 e. The summed E-state index contributed by atoms with van der Waals surface area (Å²) in [4.78, 5) is 28.4. The molecule has 1 fully saturated rings. The number of carbonyl (C=O) groups excluding carboxylic acids is 2. The number of hydrogen-bond donors (Lipinski definition) is 1. The molecule has 6 nitrogen and oxygen atoms in total. The van der Waals surface area contributed by atoms with Crippen molar-refractivity contribution in [2.24, 2.45) is 0 Å². The third-order valence-corrected chi connectivity index (χ3v) is 7.45. The quantitative estimate of drug-likeness (QED) is 0.324.